The van der Waals surface area contributed by atoms with Gasteiger partial charge in [0, 0.05) is 19.1 Å². The van der Waals surface area contributed by atoms with Crippen molar-refractivity contribution >= 4 is 5.91 Å². The van der Waals surface area contributed by atoms with Crippen molar-refractivity contribution < 1.29 is 9.90 Å². The summed E-state index contributed by atoms with van der Waals surface area (Å²) in [7, 11) is 0. The zero-order valence-corrected chi connectivity index (χ0v) is 10.7. The fourth-order valence-corrected chi connectivity index (χ4v) is 3.28. The van der Waals surface area contributed by atoms with Crippen LogP contribution in [0.25, 0.3) is 0 Å². The molecule has 1 amide bonds. The summed E-state index contributed by atoms with van der Waals surface area (Å²) in [6, 6.07) is 0.556. The molecule has 0 aromatic heterocycles. The summed E-state index contributed by atoms with van der Waals surface area (Å²) < 4.78 is 0. The van der Waals surface area contributed by atoms with Crippen LogP contribution in [0.2, 0.25) is 0 Å². The Bertz CT molecular complexity index is 256. The number of nitrogens with one attached hydrogen (secondary N) is 1. The molecule has 2 rings (SSSR count). The monoisotopic (exact) mass is 240 g/mol. The fourth-order valence-electron chi connectivity index (χ4n) is 3.28. The summed E-state index contributed by atoms with van der Waals surface area (Å²) in [5.41, 5.74) is 0. The van der Waals surface area contributed by atoms with Crippen molar-refractivity contribution in [3.8, 4) is 0 Å². The van der Waals surface area contributed by atoms with Crippen LogP contribution < -0.4 is 5.32 Å². The Hall–Kier alpha value is -0.610. The Kier molecular flexibility index (Phi) is 4.40. The molecule has 2 fully saturated rings. The predicted octanol–water partition coefficient (Wildman–Crippen LogP) is 0.748. The van der Waals surface area contributed by atoms with Gasteiger partial charge in [0.1, 0.15) is 0 Å². The van der Waals surface area contributed by atoms with Crippen LogP contribution in [0.15, 0.2) is 0 Å². The van der Waals surface area contributed by atoms with E-state index in [0.29, 0.717) is 25.0 Å². The number of nitrogens with zero attached hydrogens (tertiary/aromatic N) is 1. The first kappa shape index (κ1) is 12.8. The maximum absolute atomic E-state index is 12.3. The van der Waals surface area contributed by atoms with Gasteiger partial charge in [-0.1, -0.05) is 12.8 Å². The fraction of sp³-hybridized carbons (Fsp3) is 0.923. The van der Waals surface area contributed by atoms with E-state index in [9.17, 15) is 4.79 Å². The standard InChI is InChI=1S/C13H24N2O2/c1-2-15(7-8-16)13(17)12-9-10-5-3-4-6-11(10)14-12/h10-12,14,16H,2-9H2,1H3. The highest BCUT2D eigenvalue weighted by atomic mass is 16.3. The average molecular weight is 240 g/mol. The topological polar surface area (TPSA) is 52.6 Å². The second-order valence-corrected chi connectivity index (χ2v) is 5.25. The zero-order valence-electron chi connectivity index (χ0n) is 10.7. The Morgan fingerprint density at radius 3 is 2.82 bits per heavy atom. The van der Waals surface area contributed by atoms with E-state index in [0.717, 1.165) is 6.42 Å². The van der Waals surface area contributed by atoms with Crippen molar-refractivity contribution in [1.29, 1.82) is 0 Å². The highest BCUT2D eigenvalue weighted by Gasteiger charge is 2.39. The van der Waals surface area contributed by atoms with E-state index in [2.05, 4.69) is 5.32 Å². The number of rotatable bonds is 4. The number of hydrogen-bond donors (Lipinski definition) is 2. The minimum absolute atomic E-state index is 0.00500. The van der Waals surface area contributed by atoms with Gasteiger partial charge < -0.3 is 15.3 Å². The molecule has 1 aliphatic carbocycles. The van der Waals surface area contributed by atoms with Crippen LogP contribution in [0, 0.1) is 5.92 Å². The van der Waals surface area contributed by atoms with Gasteiger partial charge in [0.2, 0.25) is 5.91 Å². The lowest BCUT2D eigenvalue weighted by molar-refractivity contribution is -0.133. The van der Waals surface area contributed by atoms with E-state index in [1.54, 1.807) is 4.90 Å². The summed E-state index contributed by atoms with van der Waals surface area (Å²) in [4.78, 5) is 14.0. The first-order chi connectivity index (χ1) is 8.26. The van der Waals surface area contributed by atoms with Crippen LogP contribution in [0.5, 0.6) is 0 Å². The molecule has 17 heavy (non-hydrogen) atoms. The minimum atomic E-state index is -0.00500. The van der Waals surface area contributed by atoms with Crippen molar-refractivity contribution in [2.75, 3.05) is 19.7 Å². The molecule has 4 heteroatoms. The molecular formula is C13H24N2O2. The molecule has 0 bridgehead atoms. The van der Waals surface area contributed by atoms with Crippen LogP contribution in [0.1, 0.15) is 39.0 Å². The smallest absolute Gasteiger partial charge is 0.239 e. The van der Waals surface area contributed by atoms with Gasteiger partial charge in [0.05, 0.1) is 12.6 Å². The van der Waals surface area contributed by atoms with E-state index >= 15 is 0 Å². The quantitative estimate of drug-likeness (QED) is 0.762. The first-order valence-corrected chi connectivity index (χ1v) is 6.92. The van der Waals surface area contributed by atoms with E-state index in [-0.39, 0.29) is 18.6 Å². The molecule has 98 valence electrons. The number of aliphatic hydroxyl groups excluding tert-OH is 1. The van der Waals surface area contributed by atoms with Crippen LogP contribution in [0.4, 0.5) is 0 Å². The molecule has 0 aromatic rings. The lowest BCUT2D eigenvalue weighted by Crippen LogP contribution is -2.46. The molecule has 1 aliphatic heterocycles. The highest BCUT2D eigenvalue weighted by Crippen LogP contribution is 2.33. The Balaban J connectivity index is 1.92. The third-order valence-electron chi connectivity index (χ3n) is 4.22. The molecule has 2 aliphatic rings. The van der Waals surface area contributed by atoms with Crippen molar-refractivity contribution in [3.63, 3.8) is 0 Å². The second kappa shape index (κ2) is 5.83. The average Bonchev–Trinajstić information content (AvgIpc) is 2.78. The van der Waals surface area contributed by atoms with Crippen LogP contribution in [0.3, 0.4) is 0 Å². The minimum Gasteiger partial charge on any atom is -0.395 e. The van der Waals surface area contributed by atoms with Gasteiger partial charge in [0.25, 0.3) is 0 Å². The SMILES string of the molecule is CCN(CCO)C(=O)C1CC2CCCCC2N1. The van der Waals surface area contributed by atoms with Gasteiger partial charge in [-0.3, -0.25) is 4.79 Å². The molecule has 3 unspecified atom stereocenters. The second-order valence-electron chi connectivity index (χ2n) is 5.25. The normalized spacial score (nSPS) is 32.2. The molecule has 0 spiro atoms. The summed E-state index contributed by atoms with van der Waals surface area (Å²) in [5.74, 6) is 0.876. The molecule has 2 N–H and O–H groups in total. The van der Waals surface area contributed by atoms with Crippen LogP contribution in [-0.4, -0.2) is 47.7 Å². The lowest BCUT2D eigenvalue weighted by Gasteiger charge is -2.25. The zero-order chi connectivity index (χ0) is 12.3. The van der Waals surface area contributed by atoms with E-state index in [4.69, 9.17) is 5.11 Å². The summed E-state index contributed by atoms with van der Waals surface area (Å²) in [5, 5.41) is 12.4. The van der Waals surface area contributed by atoms with Gasteiger partial charge >= 0.3 is 0 Å². The molecule has 4 nitrogen and oxygen atoms in total. The van der Waals surface area contributed by atoms with E-state index < -0.39 is 0 Å². The van der Waals surface area contributed by atoms with Crippen molar-refractivity contribution in [3.05, 3.63) is 0 Å². The molecule has 0 aromatic carbocycles. The number of hydrogen-bond acceptors (Lipinski definition) is 3. The third-order valence-corrected chi connectivity index (χ3v) is 4.22. The van der Waals surface area contributed by atoms with Crippen LogP contribution in [-0.2, 0) is 4.79 Å². The van der Waals surface area contributed by atoms with Gasteiger partial charge in [-0.25, -0.2) is 0 Å². The van der Waals surface area contributed by atoms with Gasteiger partial charge in [-0.2, -0.15) is 0 Å². The molecule has 1 saturated heterocycles. The Morgan fingerprint density at radius 2 is 2.18 bits per heavy atom. The first-order valence-electron chi connectivity index (χ1n) is 6.92. The number of fused-ring (bicyclic) bond motifs is 1. The number of amides is 1. The Labute approximate surface area is 103 Å². The number of likely N-dealkylation sites (N-methyl/N-ethyl adjacent to an activating group) is 1. The summed E-state index contributed by atoms with van der Waals surface area (Å²) in [6.07, 6.45) is 6.10. The number of carbonyl (C=O) groups is 1. The summed E-state index contributed by atoms with van der Waals surface area (Å²) in [6.45, 7) is 3.17. The van der Waals surface area contributed by atoms with E-state index in [1.165, 1.54) is 25.7 Å². The largest absolute Gasteiger partial charge is 0.395 e. The van der Waals surface area contributed by atoms with Crippen LogP contribution >= 0.6 is 0 Å². The summed E-state index contributed by atoms with van der Waals surface area (Å²) >= 11 is 0. The molecule has 0 radical (unpaired) electrons. The maximum Gasteiger partial charge on any atom is 0.239 e. The van der Waals surface area contributed by atoms with E-state index in [1.807, 2.05) is 6.92 Å². The molecule has 3 atom stereocenters. The maximum atomic E-state index is 12.3. The molecular weight excluding hydrogens is 216 g/mol. The van der Waals surface area contributed by atoms with Crippen molar-refractivity contribution in [2.45, 2.75) is 51.1 Å². The van der Waals surface area contributed by atoms with Gasteiger partial charge in [0.15, 0.2) is 0 Å². The third kappa shape index (κ3) is 2.80. The Morgan fingerprint density at radius 1 is 1.41 bits per heavy atom. The predicted molar refractivity (Wildman–Crippen MR) is 66.6 cm³/mol. The molecule has 1 saturated carbocycles. The van der Waals surface area contributed by atoms with Gasteiger partial charge in [-0.15, -0.1) is 0 Å². The highest BCUT2D eigenvalue weighted by molar-refractivity contribution is 5.82. The molecule has 1 heterocycles. The van der Waals surface area contributed by atoms with Gasteiger partial charge in [-0.05, 0) is 32.1 Å². The van der Waals surface area contributed by atoms with Crippen molar-refractivity contribution in [1.82, 2.24) is 10.2 Å². The number of aliphatic hydroxyl groups is 1. The number of carbonyl (C=O) groups excluding carboxylic acids is 1. The lowest BCUT2D eigenvalue weighted by atomic mass is 9.85. The van der Waals surface area contributed by atoms with Crippen molar-refractivity contribution in [2.24, 2.45) is 5.92 Å².